The minimum atomic E-state index is -4.06. The molecular formula is C9H13N3O4SSi. The molecule has 0 atom stereocenters. The van der Waals surface area contributed by atoms with Gasteiger partial charge in [-0.2, -0.15) is 0 Å². The number of rotatable bonds is 5. The summed E-state index contributed by atoms with van der Waals surface area (Å²) in [6.45, 7) is 1.71. The first-order valence-electron chi connectivity index (χ1n) is 4.92. The SMILES string of the molecule is CO[Si](C)(OC)c1ccccc1S(=O)(=O)N=[N+]=[N-]. The van der Waals surface area contributed by atoms with Crippen molar-refractivity contribution in [1.82, 2.24) is 0 Å². The van der Waals surface area contributed by atoms with Gasteiger partial charge in [-0.1, -0.05) is 18.2 Å². The summed E-state index contributed by atoms with van der Waals surface area (Å²) in [5, 5.41) is 0.405. The van der Waals surface area contributed by atoms with E-state index in [1.807, 2.05) is 0 Å². The van der Waals surface area contributed by atoms with Crippen molar-refractivity contribution in [2.24, 2.45) is 4.52 Å². The summed E-state index contributed by atoms with van der Waals surface area (Å²) in [6, 6.07) is 6.18. The third-order valence-electron chi connectivity index (χ3n) is 2.58. The van der Waals surface area contributed by atoms with Gasteiger partial charge in [0.2, 0.25) is 0 Å². The summed E-state index contributed by atoms with van der Waals surface area (Å²) in [6.07, 6.45) is 0. The van der Waals surface area contributed by atoms with E-state index in [-0.39, 0.29) is 4.90 Å². The Hall–Kier alpha value is -1.38. The van der Waals surface area contributed by atoms with E-state index in [1.165, 1.54) is 20.3 Å². The number of nitrogens with zero attached hydrogens (tertiary/aromatic N) is 3. The van der Waals surface area contributed by atoms with Crippen LogP contribution >= 0.6 is 0 Å². The third-order valence-corrected chi connectivity index (χ3v) is 6.93. The van der Waals surface area contributed by atoms with Crippen LogP contribution in [0.2, 0.25) is 6.55 Å². The largest absolute Gasteiger partial charge is 0.394 e. The molecule has 0 amide bonds. The highest BCUT2D eigenvalue weighted by Gasteiger charge is 2.36. The Labute approximate surface area is 106 Å². The predicted octanol–water partition coefficient (Wildman–Crippen LogP) is 1.26. The van der Waals surface area contributed by atoms with Crippen LogP contribution in [0.15, 0.2) is 33.7 Å². The van der Waals surface area contributed by atoms with E-state index in [9.17, 15) is 8.42 Å². The first-order valence-corrected chi connectivity index (χ1v) is 8.68. The van der Waals surface area contributed by atoms with Gasteiger partial charge in [0.15, 0.2) is 0 Å². The zero-order valence-corrected chi connectivity index (χ0v) is 12.0. The highest BCUT2D eigenvalue weighted by atomic mass is 32.2. The fraction of sp³-hybridized carbons (Fsp3) is 0.333. The number of hydrogen-bond acceptors (Lipinski definition) is 4. The minimum Gasteiger partial charge on any atom is -0.394 e. The number of benzene rings is 1. The van der Waals surface area contributed by atoms with Gasteiger partial charge in [0.05, 0.1) is 4.90 Å². The molecule has 0 spiro atoms. The molecule has 1 aromatic carbocycles. The number of sulfonamides is 1. The molecule has 0 fully saturated rings. The van der Waals surface area contributed by atoms with Gasteiger partial charge in [0, 0.05) is 28.8 Å². The molecule has 0 saturated carbocycles. The molecule has 0 N–H and O–H groups in total. The maximum Gasteiger partial charge on any atom is 0.370 e. The molecule has 0 aliphatic carbocycles. The lowest BCUT2D eigenvalue weighted by Crippen LogP contribution is -2.51. The van der Waals surface area contributed by atoms with Crippen molar-refractivity contribution in [3.8, 4) is 0 Å². The molecule has 0 bridgehead atoms. The highest BCUT2D eigenvalue weighted by molar-refractivity contribution is 7.90. The fourth-order valence-electron chi connectivity index (χ4n) is 1.46. The molecule has 98 valence electrons. The van der Waals surface area contributed by atoms with Crippen molar-refractivity contribution in [3.05, 3.63) is 34.7 Å². The average Bonchev–Trinajstić information content (AvgIpc) is 2.38. The van der Waals surface area contributed by atoms with Gasteiger partial charge in [0.1, 0.15) is 0 Å². The zero-order valence-electron chi connectivity index (χ0n) is 10.2. The van der Waals surface area contributed by atoms with Crippen molar-refractivity contribution in [2.75, 3.05) is 14.2 Å². The normalized spacial score (nSPS) is 11.9. The van der Waals surface area contributed by atoms with E-state index in [0.29, 0.717) is 5.19 Å². The number of azide groups is 1. The summed E-state index contributed by atoms with van der Waals surface area (Å²) in [5.74, 6) is 0. The van der Waals surface area contributed by atoms with Crippen LogP contribution in [0, 0.1) is 0 Å². The molecule has 1 aromatic rings. The molecular weight excluding hydrogens is 274 g/mol. The van der Waals surface area contributed by atoms with Crippen LogP contribution in [0.4, 0.5) is 0 Å². The maximum atomic E-state index is 11.8. The molecule has 9 heteroatoms. The Morgan fingerprint density at radius 3 is 2.33 bits per heavy atom. The fourth-order valence-corrected chi connectivity index (χ4v) is 4.72. The lowest BCUT2D eigenvalue weighted by Gasteiger charge is -2.24. The van der Waals surface area contributed by atoms with E-state index >= 15 is 0 Å². The average molecular weight is 287 g/mol. The lowest BCUT2D eigenvalue weighted by atomic mass is 10.4. The second-order valence-electron chi connectivity index (χ2n) is 3.50. The van der Waals surface area contributed by atoms with Crippen LogP contribution in [0.3, 0.4) is 0 Å². The van der Waals surface area contributed by atoms with Crippen molar-refractivity contribution in [1.29, 1.82) is 0 Å². The molecule has 0 heterocycles. The Balaban J connectivity index is 3.55. The van der Waals surface area contributed by atoms with E-state index in [1.54, 1.807) is 24.7 Å². The van der Waals surface area contributed by atoms with Crippen LogP contribution < -0.4 is 5.19 Å². The molecule has 1 rings (SSSR count). The molecule has 7 nitrogen and oxygen atoms in total. The van der Waals surface area contributed by atoms with Crippen molar-refractivity contribution < 1.29 is 17.3 Å². The van der Waals surface area contributed by atoms with Gasteiger partial charge in [-0.05, 0) is 18.1 Å². The van der Waals surface area contributed by atoms with Crippen molar-refractivity contribution in [2.45, 2.75) is 11.4 Å². The van der Waals surface area contributed by atoms with E-state index in [4.69, 9.17) is 14.4 Å². The van der Waals surface area contributed by atoms with Crippen LogP contribution in [0.5, 0.6) is 0 Å². The van der Waals surface area contributed by atoms with Gasteiger partial charge in [-0.25, -0.2) is 8.42 Å². The van der Waals surface area contributed by atoms with Crippen LogP contribution in [-0.2, 0) is 18.9 Å². The first-order chi connectivity index (χ1) is 8.41. The van der Waals surface area contributed by atoms with Gasteiger partial charge >= 0.3 is 8.56 Å². The molecule has 0 saturated heterocycles. The van der Waals surface area contributed by atoms with Crippen LogP contribution in [0.1, 0.15) is 0 Å². The summed E-state index contributed by atoms with van der Waals surface area (Å²) in [5.41, 5.74) is 8.30. The van der Waals surface area contributed by atoms with Crippen molar-refractivity contribution in [3.63, 3.8) is 0 Å². The molecule has 0 aromatic heterocycles. The zero-order chi connectivity index (χ0) is 13.8. The quantitative estimate of drug-likeness (QED) is 0.352. The molecule has 18 heavy (non-hydrogen) atoms. The molecule has 0 unspecified atom stereocenters. The molecule has 0 aliphatic rings. The van der Waals surface area contributed by atoms with E-state index < -0.39 is 18.6 Å². The Kier molecular flexibility index (Phi) is 4.49. The van der Waals surface area contributed by atoms with Crippen LogP contribution in [0.25, 0.3) is 10.4 Å². The van der Waals surface area contributed by atoms with Crippen molar-refractivity contribution >= 4 is 23.8 Å². The Morgan fingerprint density at radius 1 is 1.28 bits per heavy atom. The second kappa shape index (κ2) is 5.51. The molecule has 0 aliphatic heterocycles. The maximum absolute atomic E-state index is 11.8. The smallest absolute Gasteiger partial charge is 0.370 e. The summed E-state index contributed by atoms with van der Waals surface area (Å²) < 4.78 is 37.1. The van der Waals surface area contributed by atoms with Gasteiger partial charge in [-0.15, -0.1) is 0 Å². The monoisotopic (exact) mass is 287 g/mol. The Bertz CT molecular complexity index is 579. The second-order valence-corrected chi connectivity index (χ2v) is 8.30. The van der Waals surface area contributed by atoms with Gasteiger partial charge < -0.3 is 8.85 Å². The highest BCUT2D eigenvalue weighted by Crippen LogP contribution is 2.16. The lowest BCUT2D eigenvalue weighted by molar-refractivity contribution is 0.264. The Morgan fingerprint density at radius 2 is 1.83 bits per heavy atom. The standard InChI is InChI=1S/C9H13N3O4SSi/c1-15-18(3,16-2)9-7-5-4-6-8(9)17(13,14)12-11-10/h4-7H,1-3H3. The summed E-state index contributed by atoms with van der Waals surface area (Å²) in [7, 11) is -3.98. The number of hydrogen-bond donors (Lipinski definition) is 0. The third kappa shape index (κ3) is 2.71. The van der Waals surface area contributed by atoms with E-state index in [0.717, 1.165) is 0 Å². The molecule has 0 radical (unpaired) electrons. The van der Waals surface area contributed by atoms with Gasteiger partial charge in [0.25, 0.3) is 10.0 Å². The summed E-state index contributed by atoms with van der Waals surface area (Å²) >= 11 is 0. The van der Waals surface area contributed by atoms with E-state index in [2.05, 4.69) is 9.43 Å². The van der Waals surface area contributed by atoms with Gasteiger partial charge in [-0.3, -0.25) is 0 Å². The van der Waals surface area contributed by atoms with Crippen LogP contribution in [-0.4, -0.2) is 31.2 Å². The summed E-state index contributed by atoms with van der Waals surface area (Å²) in [4.78, 5) is 2.25. The first kappa shape index (κ1) is 14.7. The minimum absolute atomic E-state index is 0.0827. The predicted molar refractivity (Wildman–Crippen MR) is 68.0 cm³/mol. The topological polar surface area (TPSA) is 101 Å².